The van der Waals surface area contributed by atoms with E-state index in [2.05, 4.69) is 19.2 Å². The highest BCUT2D eigenvalue weighted by Crippen LogP contribution is 2.33. The number of sulfonamides is 1. The second-order valence-electron chi connectivity index (χ2n) is 5.28. The Kier molecular flexibility index (Phi) is 5.18. The summed E-state index contributed by atoms with van der Waals surface area (Å²) in [6.07, 6.45) is 0. The third-order valence-corrected chi connectivity index (χ3v) is 7.83. The van der Waals surface area contributed by atoms with Crippen LogP contribution in [0.25, 0.3) is 0 Å². The molecule has 0 amide bonds. The van der Waals surface area contributed by atoms with E-state index >= 15 is 0 Å². The van der Waals surface area contributed by atoms with Crippen molar-refractivity contribution in [3.63, 3.8) is 0 Å². The average Bonchev–Trinajstić information content (AvgIpc) is 2.70. The number of thioether (sulfide) groups is 1. The third-order valence-electron chi connectivity index (χ3n) is 3.31. The van der Waals surface area contributed by atoms with Crippen LogP contribution in [0.15, 0.2) is 10.3 Å². The lowest BCUT2D eigenvalue weighted by molar-refractivity contribution is 0.404. The molecule has 0 bridgehead atoms. The van der Waals surface area contributed by atoms with E-state index in [4.69, 9.17) is 0 Å². The quantitative estimate of drug-likeness (QED) is 0.918. The van der Waals surface area contributed by atoms with Crippen LogP contribution in [0, 0.1) is 6.92 Å². The van der Waals surface area contributed by atoms with E-state index in [1.165, 1.54) is 11.3 Å². The third kappa shape index (κ3) is 3.22. The summed E-state index contributed by atoms with van der Waals surface area (Å²) >= 11 is 3.38. The van der Waals surface area contributed by atoms with Gasteiger partial charge < -0.3 is 5.32 Å². The molecule has 2 heterocycles. The second kappa shape index (κ2) is 6.36. The summed E-state index contributed by atoms with van der Waals surface area (Å²) in [5, 5.41) is 5.68. The van der Waals surface area contributed by atoms with Gasteiger partial charge in [-0.25, -0.2) is 8.42 Å². The molecule has 0 radical (unpaired) electrons. The number of thiophene rings is 1. The molecule has 1 aromatic heterocycles. The number of hydrogen-bond acceptors (Lipinski definition) is 5. The SMILES string of the molecule is CNCc1scc(C)c1S(=O)(=O)N1CC(C)SC(C)C1. The molecule has 114 valence electrons. The maximum Gasteiger partial charge on any atom is 0.244 e. The van der Waals surface area contributed by atoms with E-state index in [1.54, 1.807) is 4.31 Å². The maximum absolute atomic E-state index is 13.0. The first-order chi connectivity index (χ1) is 9.36. The van der Waals surface area contributed by atoms with Gasteiger partial charge in [0.1, 0.15) is 4.90 Å². The number of aryl methyl sites for hydroxylation is 1. The molecule has 4 nitrogen and oxygen atoms in total. The smallest absolute Gasteiger partial charge is 0.244 e. The zero-order chi connectivity index (χ0) is 14.9. The van der Waals surface area contributed by atoms with Crippen LogP contribution in [-0.4, -0.2) is 43.4 Å². The average molecular weight is 335 g/mol. The van der Waals surface area contributed by atoms with Crippen LogP contribution in [0.5, 0.6) is 0 Å². The van der Waals surface area contributed by atoms with Gasteiger partial charge in [0, 0.05) is 35.0 Å². The molecule has 2 unspecified atom stereocenters. The highest BCUT2D eigenvalue weighted by molar-refractivity contribution is 8.00. The zero-order valence-corrected chi connectivity index (χ0v) is 14.8. The fraction of sp³-hybridized carbons (Fsp3) is 0.692. The molecule has 1 aliphatic heterocycles. The largest absolute Gasteiger partial charge is 0.315 e. The first-order valence-corrected chi connectivity index (χ1v) is 9.99. The predicted octanol–water partition coefficient (Wildman–Crippen LogP) is 2.29. The molecule has 1 fully saturated rings. The van der Waals surface area contributed by atoms with Crippen molar-refractivity contribution in [3.8, 4) is 0 Å². The Labute approximate surface area is 130 Å². The lowest BCUT2D eigenvalue weighted by atomic mass is 10.3. The van der Waals surface area contributed by atoms with Crippen LogP contribution in [0.3, 0.4) is 0 Å². The minimum absolute atomic E-state index is 0.347. The molecular formula is C13H22N2O2S3. The number of rotatable bonds is 4. The molecule has 1 N–H and O–H groups in total. The number of hydrogen-bond donors (Lipinski definition) is 1. The highest BCUT2D eigenvalue weighted by Gasteiger charge is 2.34. The van der Waals surface area contributed by atoms with Crippen molar-refractivity contribution in [2.24, 2.45) is 0 Å². The van der Waals surface area contributed by atoms with Crippen molar-refractivity contribution in [2.45, 2.75) is 42.7 Å². The molecular weight excluding hydrogens is 312 g/mol. The topological polar surface area (TPSA) is 49.4 Å². The van der Waals surface area contributed by atoms with Gasteiger partial charge in [-0.3, -0.25) is 0 Å². The first kappa shape index (κ1) is 16.3. The van der Waals surface area contributed by atoms with Gasteiger partial charge in [0.25, 0.3) is 0 Å². The van der Waals surface area contributed by atoms with Crippen LogP contribution in [0.4, 0.5) is 0 Å². The van der Waals surface area contributed by atoms with E-state index in [0.717, 1.165) is 10.4 Å². The monoisotopic (exact) mass is 334 g/mol. The lowest BCUT2D eigenvalue weighted by Gasteiger charge is -2.33. The fourth-order valence-corrected chi connectivity index (χ4v) is 7.48. The highest BCUT2D eigenvalue weighted by atomic mass is 32.2. The molecule has 1 aromatic rings. The number of nitrogens with zero attached hydrogens (tertiary/aromatic N) is 1. The van der Waals surface area contributed by atoms with Gasteiger partial charge in [-0.05, 0) is 24.9 Å². The summed E-state index contributed by atoms with van der Waals surface area (Å²) in [6, 6.07) is 0. The van der Waals surface area contributed by atoms with Crippen molar-refractivity contribution < 1.29 is 8.42 Å². The molecule has 2 rings (SSSR count). The minimum atomic E-state index is -3.38. The normalized spacial score (nSPS) is 25.0. The summed E-state index contributed by atoms with van der Waals surface area (Å²) in [5.74, 6) is 0. The molecule has 1 saturated heterocycles. The summed E-state index contributed by atoms with van der Waals surface area (Å²) in [7, 11) is -1.54. The Morgan fingerprint density at radius 2 is 1.95 bits per heavy atom. The van der Waals surface area contributed by atoms with Gasteiger partial charge in [-0.1, -0.05) is 13.8 Å². The van der Waals surface area contributed by atoms with Crippen molar-refractivity contribution in [1.29, 1.82) is 0 Å². The molecule has 7 heteroatoms. The van der Waals surface area contributed by atoms with Gasteiger partial charge in [-0.2, -0.15) is 16.1 Å². The summed E-state index contributed by atoms with van der Waals surface area (Å²) in [5.41, 5.74) is 0.860. The van der Waals surface area contributed by atoms with E-state index < -0.39 is 10.0 Å². The van der Waals surface area contributed by atoms with E-state index in [1.807, 2.05) is 31.1 Å². The molecule has 0 aromatic carbocycles. The van der Waals surface area contributed by atoms with E-state index in [0.29, 0.717) is 35.0 Å². The Bertz CT molecular complexity index is 558. The van der Waals surface area contributed by atoms with Crippen LogP contribution in [0.1, 0.15) is 24.3 Å². The summed E-state index contributed by atoms with van der Waals surface area (Å²) < 4.78 is 27.6. The van der Waals surface area contributed by atoms with Crippen molar-refractivity contribution in [3.05, 3.63) is 15.8 Å². The van der Waals surface area contributed by atoms with Gasteiger partial charge in [0.05, 0.1) is 0 Å². The van der Waals surface area contributed by atoms with Crippen LogP contribution < -0.4 is 5.32 Å². The van der Waals surface area contributed by atoms with Gasteiger partial charge in [0.2, 0.25) is 10.0 Å². The fourth-order valence-electron chi connectivity index (χ4n) is 2.57. The van der Waals surface area contributed by atoms with Crippen molar-refractivity contribution >= 4 is 33.1 Å². The Hall–Kier alpha value is -0.0800. The molecule has 0 spiro atoms. The molecule has 0 aliphatic carbocycles. The Balaban J connectivity index is 2.37. The Morgan fingerprint density at radius 3 is 2.50 bits per heavy atom. The molecule has 20 heavy (non-hydrogen) atoms. The summed E-state index contributed by atoms with van der Waals surface area (Å²) in [4.78, 5) is 1.42. The van der Waals surface area contributed by atoms with Gasteiger partial charge >= 0.3 is 0 Å². The van der Waals surface area contributed by atoms with Crippen LogP contribution in [0.2, 0.25) is 0 Å². The maximum atomic E-state index is 13.0. The van der Waals surface area contributed by atoms with Crippen LogP contribution >= 0.6 is 23.1 Å². The standard InChI is InChI=1S/C13H22N2O2S3/c1-9-8-18-12(5-14-4)13(9)20(16,17)15-6-10(2)19-11(3)7-15/h8,10-11,14H,5-7H2,1-4H3. The van der Waals surface area contributed by atoms with Crippen molar-refractivity contribution in [2.75, 3.05) is 20.1 Å². The molecule has 1 aliphatic rings. The summed E-state index contributed by atoms with van der Waals surface area (Å²) in [6.45, 7) is 7.88. The molecule has 2 atom stereocenters. The van der Waals surface area contributed by atoms with E-state index in [-0.39, 0.29) is 0 Å². The van der Waals surface area contributed by atoms with E-state index in [9.17, 15) is 8.42 Å². The van der Waals surface area contributed by atoms with Crippen LogP contribution in [-0.2, 0) is 16.6 Å². The van der Waals surface area contributed by atoms with Gasteiger partial charge in [-0.15, -0.1) is 11.3 Å². The Morgan fingerprint density at radius 1 is 1.35 bits per heavy atom. The lowest BCUT2D eigenvalue weighted by Crippen LogP contribution is -2.44. The second-order valence-corrected chi connectivity index (χ2v) is 10.0. The molecule has 0 saturated carbocycles. The minimum Gasteiger partial charge on any atom is -0.315 e. The zero-order valence-electron chi connectivity index (χ0n) is 12.3. The first-order valence-electron chi connectivity index (χ1n) is 6.73. The predicted molar refractivity (Wildman–Crippen MR) is 87.1 cm³/mol. The number of nitrogens with one attached hydrogen (secondary N) is 1. The van der Waals surface area contributed by atoms with Gasteiger partial charge in [0.15, 0.2) is 0 Å². The van der Waals surface area contributed by atoms with Crippen molar-refractivity contribution in [1.82, 2.24) is 9.62 Å².